The van der Waals surface area contributed by atoms with Crippen molar-refractivity contribution < 1.29 is 0 Å². The van der Waals surface area contributed by atoms with Crippen molar-refractivity contribution in [3.8, 4) is 0 Å². The molecule has 1 aliphatic carbocycles. The average molecular weight is 183 g/mol. The van der Waals surface area contributed by atoms with E-state index in [0.717, 1.165) is 6.54 Å². The van der Waals surface area contributed by atoms with Crippen LogP contribution in [0.5, 0.6) is 0 Å². The molecule has 1 aromatic carbocycles. The zero-order valence-corrected chi connectivity index (χ0v) is 7.98. The van der Waals surface area contributed by atoms with Crippen LogP contribution in [-0.2, 0) is 0 Å². The van der Waals surface area contributed by atoms with Crippen LogP contribution in [0.15, 0.2) is 48.6 Å². The highest BCUT2D eigenvalue weighted by Crippen LogP contribution is 2.38. The van der Waals surface area contributed by atoms with Gasteiger partial charge in [0.25, 0.3) is 0 Å². The summed E-state index contributed by atoms with van der Waals surface area (Å²) in [4.78, 5) is 0. The monoisotopic (exact) mass is 183 g/mol. The van der Waals surface area contributed by atoms with Crippen molar-refractivity contribution in [2.75, 3.05) is 11.9 Å². The lowest BCUT2D eigenvalue weighted by atomic mass is 9.80. The SMILES string of the molecule is C1=CC2CNc3ccccc3C2C=C1. The molecular weight excluding hydrogens is 170 g/mol. The summed E-state index contributed by atoms with van der Waals surface area (Å²) in [5.74, 6) is 1.22. The Balaban J connectivity index is 2.09. The molecule has 0 bridgehead atoms. The van der Waals surface area contributed by atoms with Gasteiger partial charge in [-0.05, 0) is 11.6 Å². The Morgan fingerprint density at radius 3 is 2.93 bits per heavy atom. The van der Waals surface area contributed by atoms with Crippen LogP contribution in [0.3, 0.4) is 0 Å². The molecule has 70 valence electrons. The minimum Gasteiger partial charge on any atom is -0.384 e. The van der Waals surface area contributed by atoms with E-state index in [2.05, 4.69) is 53.9 Å². The number of hydrogen-bond acceptors (Lipinski definition) is 1. The fourth-order valence-electron chi connectivity index (χ4n) is 2.36. The Hall–Kier alpha value is -1.50. The van der Waals surface area contributed by atoms with Gasteiger partial charge in [0.05, 0.1) is 0 Å². The normalized spacial score (nSPS) is 27.7. The van der Waals surface area contributed by atoms with Gasteiger partial charge >= 0.3 is 0 Å². The third kappa shape index (κ3) is 1.09. The molecule has 2 unspecified atom stereocenters. The molecule has 0 saturated heterocycles. The van der Waals surface area contributed by atoms with Crippen molar-refractivity contribution in [3.05, 3.63) is 54.1 Å². The largest absolute Gasteiger partial charge is 0.384 e. The lowest BCUT2D eigenvalue weighted by Crippen LogP contribution is -2.26. The van der Waals surface area contributed by atoms with Gasteiger partial charge in [-0.25, -0.2) is 0 Å². The van der Waals surface area contributed by atoms with Gasteiger partial charge < -0.3 is 5.32 Å². The maximum Gasteiger partial charge on any atom is 0.0379 e. The predicted molar refractivity (Wildman–Crippen MR) is 59.4 cm³/mol. The molecule has 0 saturated carbocycles. The molecule has 14 heavy (non-hydrogen) atoms. The smallest absolute Gasteiger partial charge is 0.0379 e. The van der Waals surface area contributed by atoms with E-state index in [0.29, 0.717) is 11.8 Å². The Labute approximate surface area is 84.1 Å². The molecule has 1 nitrogen and oxygen atoms in total. The summed E-state index contributed by atoms with van der Waals surface area (Å²) in [6, 6.07) is 8.60. The van der Waals surface area contributed by atoms with E-state index in [-0.39, 0.29) is 0 Å². The summed E-state index contributed by atoms with van der Waals surface area (Å²) < 4.78 is 0. The number of rotatable bonds is 0. The molecule has 0 radical (unpaired) electrons. The molecule has 1 heteroatoms. The summed E-state index contributed by atoms with van der Waals surface area (Å²) in [6.07, 6.45) is 8.91. The van der Waals surface area contributed by atoms with Crippen molar-refractivity contribution in [2.45, 2.75) is 5.92 Å². The van der Waals surface area contributed by atoms with Gasteiger partial charge in [0.2, 0.25) is 0 Å². The summed E-state index contributed by atoms with van der Waals surface area (Å²) in [5.41, 5.74) is 2.73. The molecule has 1 N–H and O–H groups in total. The van der Waals surface area contributed by atoms with Crippen LogP contribution in [0.4, 0.5) is 5.69 Å². The molecule has 1 heterocycles. The second-order valence-corrected chi connectivity index (χ2v) is 3.93. The zero-order chi connectivity index (χ0) is 9.38. The number of para-hydroxylation sites is 1. The fourth-order valence-corrected chi connectivity index (χ4v) is 2.36. The van der Waals surface area contributed by atoms with Gasteiger partial charge in [-0.15, -0.1) is 0 Å². The first-order valence-electron chi connectivity index (χ1n) is 5.13. The van der Waals surface area contributed by atoms with Gasteiger partial charge in [0, 0.05) is 24.1 Å². The van der Waals surface area contributed by atoms with Gasteiger partial charge in [-0.1, -0.05) is 42.5 Å². The summed E-state index contributed by atoms with van der Waals surface area (Å²) in [7, 11) is 0. The number of benzene rings is 1. The first-order valence-corrected chi connectivity index (χ1v) is 5.13. The van der Waals surface area contributed by atoms with Crippen LogP contribution in [0.1, 0.15) is 11.5 Å². The highest BCUT2D eigenvalue weighted by Gasteiger charge is 2.26. The zero-order valence-electron chi connectivity index (χ0n) is 7.98. The van der Waals surface area contributed by atoms with Gasteiger partial charge in [-0.2, -0.15) is 0 Å². The lowest BCUT2D eigenvalue weighted by Gasteiger charge is -2.32. The summed E-state index contributed by atoms with van der Waals surface area (Å²) >= 11 is 0. The molecule has 0 fully saturated rings. The number of nitrogens with one attached hydrogen (secondary N) is 1. The molecule has 1 aliphatic heterocycles. The Morgan fingerprint density at radius 2 is 1.93 bits per heavy atom. The number of fused-ring (bicyclic) bond motifs is 3. The molecule has 0 spiro atoms. The van der Waals surface area contributed by atoms with E-state index >= 15 is 0 Å². The lowest BCUT2D eigenvalue weighted by molar-refractivity contribution is 0.587. The number of anilines is 1. The maximum absolute atomic E-state index is 3.48. The molecule has 1 aromatic rings. The molecule has 2 aliphatic rings. The molecule has 3 rings (SSSR count). The van der Waals surface area contributed by atoms with E-state index < -0.39 is 0 Å². The highest BCUT2D eigenvalue weighted by atomic mass is 14.9. The Morgan fingerprint density at radius 1 is 1.07 bits per heavy atom. The van der Waals surface area contributed by atoms with Crippen molar-refractivity contribution in [1.29, 1.82) is 0 Å². The van der Waals surface area contributed by atoms with E-state index in [9.17, 15) is 0 Å². The van der Waals surface area contributed by atoms with Gasteiger partial charge in [0.15, 0.2) is 0 Å². The van der Waals surface area contributed by atoms with Crippen LogP contribution in [0, 0.1) is 5.92 Å². The quantitative estimate of drug-likeness (QED) is 0.652. The van der Waals surface area contributed by atoms with Crippen molar-refractivity contribution in [1.82, 2.24) is 0 Å². The third-order valence-electron chi connectivity index (χ3n) is 3.10. The van der Waals surface area contributed by atoms with Crippen LogP contribution in [-0.4, -0.2) is 6.54 Å². The van der Waals surface area contributed by atoms with Crippen LogP contribution >= 0.6 is 0 Å². The summed E-state index contributed by atoms with van der Waals surface area (Å²) in [6.45, 7) is 1.06. The minimum atomic E-state index is 0.581. The Bertz CT molecular complexity index is 403. The molecule has 0 aromatic heterocycles. The van der Waals surface area contributed by atoms with E-state index in [4.69, 9.17) is 0 Å². The molecule has 0 amide bonds. The standard InChI is InChI=1S/C13H13N/c1-2-6-11-10(5-1)9-14-13-8-4-3-7-12(11)13/h1-8,10-11,14H,9H2. The third-order valence-corrected chi connectivity index (χ3v) is 3.10. The highest BCUT2D eigenvalue weighted by molar-refractivity contribution is 5.57. The van der Waals surface area contributed by atoms with E-state index in [1.165, 1.54) is 11.3 Å². The van der Waals surface area contributed by atoms with Crippen LogP contribution in [0.25, 0.3) is 0 Å². The second kappa shape index (κ2) is 3.02. The van der Waals surface area contributed by atoms with Crippen LogP contribution in [0.2, 0.25) is 0 Å². The van der Waals surface area contributed by atoms with Gasteiger partial charge in [-0.3, -0.25) is 0 Å². The van der Waals surface area contributed by atoms with Crippen molar-refractivity contribution >= 4 is 5.69 Å². The summed E-state index contributed by atoms with van der Waals surface area (Å²) in [5, 5.41) is 3.48. The average Bonchev–Trinajstić information content (AvgIpc) is 2.29. The molecular formula is C13H13N. The van der Waals surface area contributed by atoms with Gasteiger partial charge in [0.1, 0.15) is 0 Å². The fraction of sp³-hybridized carbons (Fsp3) is 0.231. The van der Waals surface area contributed by atoms with Crippen molar-refractivity contribution in [3.63, 3.8) is 0 Å². The maximum atomic E-state index is 3.48. The van der Waals surface area contributed by atoms with Crippen molar-refractivity contribution in [2.24, 2.45) is 5.92 Å². The minimum absolute atomic E-state index is 0.581. The van der Waals surface area contributed by atoms with Crippen LogP contribution < -0.4 is 5.32 Å². The first kappa shape index (κ1) is 7.86. The van der Waals surface area contributed by atoms with E-state index in [1.807, 2.05) is 0 Å². The molecule has 2 atom stereocenters. The second-order valence-electron chi connectivity index (χ2n) is 3.93. The number of hydrogen-bond donors (Lipinski definition) is 1. The van der Waals surface area contributed by atoms with E-state index in [1.54, 1.807) is 0 Å². The predicted octanol–water partition coefficient (Wildman–Crippen LogP) is 2.94. The Kier molecular flexibility index (Phi) is 1.69. The first-order chi connectivity index (χ1) is 6.95. The number of allylic oxidation sites excluding steroid dienone is 3. The topological polar surface area (TPSA) is 12.0 Å².